The first kappa shape index (κ1) is 16.0. The van der Waals surface area contributed by atoms with Crippen LogP contribution >= 0.6 is 11.6 Å². The first-order valence-corrected chi connectivity index (χ1v) is 7.65. The standard InChI is InChI=1S/C19H14ClNO3/c1-23-16-10-4-7-14-12-17(24-18(14)16)19(22)21-11-5-8-13-6-2-3-9-15(13)20/h2-4,6-7,9-10,12H,11H2,1H3,(H,21,22). The second-order valence-electron chi connectivity index (χ2n) is 4.95. The second-order valence-corrected chi connectivity index (χ2v) is 5.36. The number of fused-ring (bicyclic) bond motifs is 1. The van der Waals surface area contributed by atoms with E-state index in [1.807, 2.05) is 30.3 Å². The van der Waals surface area contributed by atoms with E-state index in [1.165, 1.54) is 0 Å². The lowest BCUT2D eigenvalue weighted by atomic mass is 10.2. The molecule has 3 rings (SSSR count). The van der Waals surface area contributed by atoms with E-state index >= 15 is 0 Å². The number of para-hydroxylation sites is 1. The van der Waals surface area contributed by atoms with Crippen LogP contribution in [0, 0.1) is 11.8 Å². The highest BCUT2D eigenvalue weighted by Crippen LogP contribution is 2.28. The zero-order chi connectivity index (χ0) is 16.9. The molecule has 0 aliphatic rings. The van der Waals surface area contributed by atoms with Gasteiger partial charge in [0.15, 0.2) is 17.1 Å². The van der Waals surface area contributed by atoms with Crippen molar-refractivity contribution in [2.75, 3.05) is 13.7 Å². The van der Waals surface area contributed by atoms with E-state index in [1.54, 1.807) is 25.3 Å². The van der Waals surface area contributed by atoms with E-state index in [4.69, 9.17) is 20.8 Å². The van der Waals surface area contributed by atoms with Crippen molar-refractivity contribution < 1.29 is 13.9 Å². The third-order valence-electron chi connectivity index (χ3n) is 3.39. The first-order chi connectivity index (χ1) is 11.7. The average molecular weight is 340 g/mol. The Morgan fingerprint density at radius 2 is 2.08 bits per heavy atom. The average Bonchev–Trinajstić information content (AvgIpc) is 3.04. The number of hydrogen-bond acceptors (Lipinski definition) is 3. The minimum Gasteiger partial charge on any atom is -0.493 e. The van der Waals surface area contributed by atoms with Gasteiger partial charge in [-0.05, 0) is 24.3 Å². The van der Waals surface area contributed by atoms with Crippen molar-refractivity contribution in [3.63, 3.8) is 0 Å². The van der Waals surface area contributed by atoms with Gasteiger partial charge >= 0.3 is 0 Å². The fourth-order valence-corrected chi connectivity index (χ4v) is 2.41. The third kappa shape index (κ3) is 3.37. The van der Waals surface area contributed by atoms with Gasteiger partial charge in [-0.15, -0.1) is 0 Å². The van der Waals surface area contributed by atoms with Gasteiger partial charge in [0.25, 0.3) is 5.91 Å². The smallest absolute Gasteiger partial charge is 0.287 e. The highest BCUT2D eigenvalue weighted by atomic mass is 35.5. The summed E-state index contributed by atoms with van der Waals surface area (Å²) < 4.78 is 10.8. The van der Waals surface area contributed by atoms with E-state index in [2.05, 4.69) is 17.2 Å². The molecule has 0 fully saturated rings. The molecule has 0 bridgehead atoms. The number of benzene rings is 2. The van der Waals surface area contributed by atoms with Crippen LogP contribution in [0.5, 0.6) is 5.75 Å². The van der Waals surface area contributed by atoms with Gasteiger partial charge < -0.3 is 14.5 Å². The van der Waals surface area contributed by atoms with Crippen molar-refractivity contribution in [2.24, 2.45) is 0 Å². The van der Waals surface area contributed by atoms with E-state index in [-0.39, 0.29) is 18.2 Å². The lowest BCUT2D eigenvalue weighted by Gasteiger charge is -1.99. The Bertz CT molecular complexity index is 950. The number of carbonyl (C=O) groups excluding carboxylic acids is 1. The van der Waals surface area contributed by atoms with Crippen LogP contribution < -0.4 is 10.1 Å². The highest BCUT2D eigenvalue weighted by Gasteiger charge is 2.13. The third-order valence-corrected chi connectivity index (χ3v) is 3.72. The molecule has 0 atom stereocenters. The van der Waals surface area contributed by atoms with Crippen LogP contribution in [0.2, 0.25) is 5.02 Å². The summed E-state index contributed by atoms with van der Waals surface area (Å²) in [6.45, 7) is 0.193. The Morgan fingerprint density at radius 3 is 2.88 bits per heavy atom. The van der Waals surface area contributed by atoms with Crippen LogP contribution in [-0.2, 0) is 0 Å². The fourth-order valence-electron chi connectivity index (χ4n) is 2.22. The molecule has 0 unspecified atom stereocenters. The maximum Gasteiger partial charge on any atom is 0.287 e. The number of ether oxygens (including phenoxy) is 1. The molecule has 1 heterocycles. The van der Waals surface area contributed by atoms with Crippen LogP contribution in [0.1, 0.15) is 16.1 Å². The zero-order valence-corrected chi connectivity index (χ0v) is 13.7. The molecule has 3 aromatic rings. The highest BCUT2D eigenvalue weighted by molar-refractivity contribution is 6.31. The molecule has 5 heteroatoms. The summed E-state index contributed by atoms with van der Waals surface area (Å²) >= 11 is 6.02. The summed E-state index contributed by atoms with van der Waals surface area (Å²) in [6, 6.07) is 14.4. The van der Waals surface area contributed by atoms with E-state index in [0.717, 1.165) is 10.9 Å². The van der Waals surface area contributed by atoms with Gasteiger partial charge in [0, 0.05) is 10.9 Å². The van der Waals surface area contributed by atoms with Gasteiger partial charge in [-0.2, -0.15) is 0 Å². The quantitative estimate of drug-likeness (QED) is 0.737. The normalized spacial score (nSPS) is 10.1. The number of nitrogens with one attached hydrogen (secondary N) is 1. The van der Waals surface area contributed by atoms with Gasteiger partial charge in [0.1, 0.15) is 0 Å². The monoisotopic (exact) mass is 339 g/mol. The number of carbonyl (C=O) groups is 1. The summed E-state index contributed by atoms with van der Waals surface area (Å²) in [4.78, 5) is 12.2. The molecule has 2 aromatic carbocycles. The predicted molar refractivity (Wildman–Crippen MR) is 93.4 cm³/mol. The number of hydrogen-bond donors (Lipinski definition) is 1. The second kappa shape index (κ2) is 7.12. The minimum atomic E-state index is -0.332. The summed E-state index contributed by atoms with van der Waals surface area (Å²) in [7, 11) is 1.56. The molecule has 24 heavy (non-hydrogen) atoms. The number of methoxy groups -OCH3 is 1. The summed E-state index contributed by atoms with van der Waals surface area (Å²) in [5.41, 5.74) is 1.27. The van der Waals surface area contributed by atoms with Crippen molar-refractivity contribution in [3.05, 3.63) is 64.9 Å². The van der Waals surface area contributed by atoms with Gasteiger partial charge in [-0.25, -0.2) is 0 Å². The summed E-state index contributed by atoms with van der Waals surface area (Å²) in [5.74, 6) is 6.26. The van der Waals surface area contributed by atoms with Gasteiger partial charge in [0.05, 0.1) is 18.7 Å². The Hall–Kier alpha value is -2.90. The van der Waals surface area contributed by atoms with Crippen molar-refractivity contribution in [3.8, 4) is 17.6 Å². The van der Waals surface area contributed by atoms with Crippen LogP contribution in [-0.4, -0.2) is 19.6 Å². The maximum absolute atomic E-state index is 12.2. The van der Waals surface area contributed by atoms with Crippen LogP contribution in [0.15, 0.2) is 52.9 Å². The molecule has 1 N–H and O–H groups in total. The zero-order valence-electron chi connectivity index (χ0n) is 12.9. The van der Waals surface area contributed by atoms with Gasteiger partial charge in [-0.3, -0.25) is 4.79 Å². The maximum atomic E-state index is 12.2. The lowest BCUT2D eigenvalue weighted by molar-refractivity contribution is 0.0933. The molecule has 0 aliphatic heterocycles. The SMILES string of the molecule is COc1cccc2cc(C(=O)NCC#Cc3ccccc3Cl)oc12. The molecule has 0 radical (unpaired) electrons. The predicted octanol–water partition coefficient (Wildman–Crippen LogP) is 3.88. The number of furan rings is 1. The molecule has 4 nitrogen and oxygen atoms in total. The summed E-state index contributed by atoms with van der Waals surface area (Å²) in [6.07, 6.45) is 0. The van der Waals surface area contributed by atoms with Gasteiger partial charge in [0.2, 0.25) is 0 Å². The van der Waals surface area contributed by atoms with Crippen LogP contribution in [0.25, 0.3) is 11.0 Å². The number of amides is 1. The van der Waals surface area contributed by atoms with E-state index < -0.39 is 0 Å². The van der Waals surface area contributed by atoms with Crippen LogP contribution in [0.4, 0.5) is 0 Å². The number of halogens is 1. The van der Waals surface area contributed by atoms with Gasteiger partial charge in [-0.1, -0.05) is 47.7 Å². The van der Waals surface area contributed by atoms with Crippen LogP contribution in [0.3, 0.4) is 0 Å². The fraction of sp³-hybridized carbons (Fsp3) is 0.105. The molecular formula is C19H14ClNO3. The van der Waals surface area contributed by atoms with Crippen molar-refractivity contribution >= 4 is 28.5 Å². The molecule has 0 saturated heterocycles. The minimum absolute atomic E-state index is 0.193. The molecule has 0 spiro atoms. The molecule has 120 valence electrons. The van der Waals surface area contributed by atoms with Crippen molar-refractivity contribution in [1.29, 1.82) is 0 Å². The Labute approximate surface area is 144 Å². The first-order valence-electron chi connectivity index (χ1n) is 7.27. The Balaban J connectivity index is 1.69. The molecule has 0 aliphatic carbocycles. The van der Waals surface area contributed by atoms with Crippen molar-refractivity contribution in [2.45, 2.75) is 0 Å². The molecule has 1 aromatic heterocycles. The largest absolute Gasteiger partial charge is 0.493 e. The number of rotatable bonds is 3. The molecule has 1 amide bonds. The lowest BCUT2D eigenvalue weighted by Crippen LogP contribution is -2.22. The summed E-state index contributed by atoms with van der Waals surface area (Å²) in [5, 5.41) is 4.09. The van der Waals surface area contributed by atoms with Crippen molar-refractivity contribution in [1.82, 2.24) is 5.32 Å². The topological polar surface area (TPSA) is 51.5 Å². The van der Waals surface area contributed by atoms with E-state index in [0.29, 0.717) is 16.4 Å². The molecule has 0 saturated carbocycles. The Kier molecular flexibility index (Phi) is 4.74. The van der Waals surface area contributed by atoms with E-state index in [9.17, 15) is 4.79 Å². The Morgan fingerprint density at radius 1 is 1.25 bits per heavy atom. The molecular weight excluding hydrogens is 326 g/mol.